The fraction of sp³-hybridized carbons (Fsp3) is 0.381. The highest BCUT2D eigenvalue weighted by Gasteiger charge is 2.26. The Morgan fingerprint density at radius 2 is 2.17 bits per heavy atom. The molecule has 0 saturated carbocycles. The monoisotopic (exact) mass is 395 g/mol. The summed E-state index contributed by atoms with van der Waals surface area (Å²) < 4.78 is 11.0. The van der Waals surface area contributed by atoms with Gasteiger partial charge in [-0.25, -0.2) is 9.78 Å². The summed E-state index contributed by atoms with van der Waals surface area (Å²) in [7, 11) is 0. The number of benzene rings is 1. The summed E-state index contributed by atoms with van der Waals surface area (Å²) in [6.07, 6.45) is 3.49. The molecule has 0 spiro atoms. The molecule has 2 aliphatic heterocycles. The lowest BCUT2D eigenvalue weighted by atomic mass is 10.1. The number of nitrogens with one attached hydrogen (secondary N) is 2. The lowest BCUT2D eigenvalue weighted by molar-refractivity contribution is 0.141. The number of ether oxygens (including phenoxy) is 2. The average Bonchev–Trinajstić information content (AvgIpc) is 3.26. The number of rotatable bonds is 7. The lowest BCUT2D eigenvalue weighted by Crippen LogP contribution is -2.36. The van der Waals surface area contributed by atoms with Crippen LogP contribution < -0.4 is 20.3 Å². The van der Waals surface area contributed by atoms with Crippen molar-refractivity contribution in [2.75, 3.05) is 36.5 Å². The van der Waals surface area contributed by atoms with E-state index in [1.54, 1.807) is 6.20 Å². The van der Waals surface area contributed by atoms with Crippen LogP contribution >= 0.6 is 0 Å². The van der Waals surface area contributed by atoms with Crippen LogP contribution in [0, 0.1) is 0 Å². The van der Waals surface area contributed by atoms with Gasteiger partial charge >= 0.3 is 6.09 Å². The topological polar surface area (TPSA) is 88.6 Å². The zero-order chi connectivity index (χ0) is 20.2. The van der Waals surface area contributed by atoms with E-state index in [1.807, 2.05) is 38.1 Å². The van der Waals surface area contributed by atoms with E-state index < -0.39 is 0 Å². The van der Waals surface area contributed by atoms with Crippen molar-refractivity contribution in [2.24, 2.45) is 0 Å². The van der Waals surface area contributed by atoms with Gasteiger partial charge in [-0.05, 0) is 37.1 Å². The van der Waals surface area contributed by atoms with Crippen molar-refractivity contribution in [3.05, 3.63) is 53.2 Å². The van der Waals surface area contributed by atoms with Crippen molar-refractivity contribution in [1.82, 2.24) is 15.3 Å². The molecule has 0 unspecified atom stereocenters. The summed E-state index contributed by atoms with van der Waals surface area (Å²) in [5.74, 6) is 1.93. The van der Waals surface area contributed by atoms with Gasteiger partial charge in [-0.3, -0.25) is 4.90 Å². The fourth-order valence-corrected chi connectivity index (χ4v) is 3.32. The van der Waals surface area contributed by atoms with Crippen LogP contribution in [-0.2, 0) is 11.3 Å². The van der Waals surface area contributed by atoms with E-state index in [4.69, 9.17) is 9.47 Å². The third kappa shape index (κ3) is 4.32. The van der Waals surface area contributed by atoms with Crippen LogP contribution in [0.15, 0.2) is 42.1 Å². The van der Waals surface area contributed by atoms with E-state index in [2.05, 4.69) is 26.7 Å². The zero-order valence-corrected chi connectivity index (χ0v) is 16.6. The number of fused-ring (bicyclic) bond motifs is 1. The Bertz CT molecular complexity index is 913. The molecule has 1 atom stereocenters. The standard InChI is InChI=1S/C21H25N5O3/c1-3-26-19-17(13-29-21(26)27)11-23-20(25-19)24-14(2)16-4-6-18(7-5-16)28-12-15-8-9-22-10-15/h4-8,11,14,22H,3,9-10,12-13H2,1-2H3,(H,23,24,25)/t14-/m0/s1. The molecule has 8 nitrogen and oxygen atoms in total. The second-order valence-corrected chi connectivity index (χ2v) is 7.06. The van der Waals surface area contributed by atoms with Crippen molar-refractivity contribution in [1.29, 1.82) is 0 Å². The van der Waals surface area contributed by atoms with Crippen molar-refractivity contribution in [3.8, 4) is 5.75 Å². The average molecular weight is 395 g/mol. The molecule has 1 aromatic heterocycles. The molecule has 1 aromatic carbocycles. The van der Waals surface area contributed by atoms with Crippen molar-refractivity contribution >= 4 is 17.9 Å². The number of carbonyl (C=O) groups excluding carboxylic acids is 1. The summed E-state index contributed by atoms with van der Waals surface area (Å²) in [5, 5.41) is 6.57. The van der Waals surface area contributed by atoms with Crippen LogP contribution in [0.25, 0.3) is 0 Å². The Morgan fingerprint density at radius 1 is 1.34 bits per heavy atom. The first kappa shape index (κ1) is 19.2. The first-order valence-electron chi connectivity index (χ1n) is 9.82. The fourth-order valence-electron chi connectivity index (χ4n) is 3.32. The number of cyclic esters (lactones) is 1. The quantitative estimate of drug-likeness (QED) is 0.697. The summed E-state index contributed by atoms with van der Waals surface area (Å²) in [5.41, 5.74) is 3.17. The second-order valence-electron chi connectivity index (χ2n) is 7.06. The van der Waals surface area contributed by atoms with Crippen LogP contribution in [-0.4, -0.2) is 42.3 Å². The van der Waals surface area contributed by atoms with Gasteiger partial charge < -0.3 is 20.1 Å². The first-order chi connectivity index (χ1) is 14.1. The molecule has 2 N–H and O–H groups in total. The molecule has 1 amide bonds. The van der Waals surface area contributed by atoms with Gasteiger partial charge in [0.15, 0.2) is 0 Å². The number of hydrogen-bond acceptors (Lipinski definition) is 7. The minimum Gasteiger partial charge on any atom is -0.489 e. The van der Waals surface area contributed by atoms with E-state index in [9.17, 15) is 4.79 Å². The van der Waals surface area contributed by atoms with Crippen LogP contribution in [0.5, 0.6) is 5.75 Å². The molecule has 4 rings (SSSR count). The summed E-state index contributed by atoms with van der Waals surface area (Å²) >= 11 is 0. The maximum absolute atomic E-state index is 11.9. The molecule has 0 bridgehead atoms. The molecular weight excluding hydrogens is 370 g/mol. The highest BCUT2D eigenvalue weighted by atomic mass is 16.6. The van der Waals surface area contributed by atoms with Gasteiger partial charge in [0, 0.05) is 25.8 Å². The van der Waals surface area contributed by atoms with E-state index in [1.165, 1.54) is 10.5 Å². The van der Waals surface area contributed by atoms with Crippen LogP contribution in [0.3, 0.4) is 0 Å². The molecule has 152 valence electrons. The van der Waals surface area contributed by atoms with Gasteiger partial charge in [-0.15, -0.1) is 0 Å². The van der Waals surface area contributed by atoms with E-state index in [-0.39, 0.29) is 18.7 Å². The third-order valence-corrected chi connectivity index (χ3v) is 5.02. The Hall–Kier alpha value is -3.13. The van der Waals surface area contributed by atoms with Crippen molar-refractivity contribution < 1.29 is 14.3 Å². The molecule has 3 heterocycles. The maximum Gasteiger partial charge on any atom is 0.415 e. The Morgan fingerprint density at radius 3 is 2.90 bits per heavy atom. The third-order valence-electron chi connectivity index (χ3n) is 5.02. The Labute approximate surface area is 169 Å². The lowest BCUT2D eigenvalue weighted by Gasteiger charge is -2.27. The number of aromatic nitrogens is 2. The van der Waals surface area contributed by atoms with E-state index in [0.29, 0.717) is 24.9 Å². The first-order valence-corrected chi connectivity index (χ1v) is 9.82. The molecule has 8 heteroatoms. The number of amides is 1. The maximum atomic E-state index is 11.9. The number of hydrogen-bond donors (Lipinski definition) is 2. The van der Waals surface area contributed by atoms with E-state index in [0.717, 1.165) is 30.0 Å². The molecular formula is C21H25N5O3. The number of nitrogens with zero attached hydrogens (tertiary/aromatic N) is 3. The highest BCUT2D eigenvalue weighted by Crippen LogP contribution is 2.27. The van der Waals surface area contributed by atoms with Crippen LogP contribution in [0.2, 0.25) is 0 Å². The van der Waals surface area contributed by atoms with Gasteiger partial charge in [0.2, 0.25) is 5.95 Å². The molecule has 2 aliphatic rings. The smallest absolute Gasteiger partial charge is 0.415 e. The Balaban J connectivity index is 1.40. The molecule has 0 fully saturated rings. The van der Waals surface area contributed by atoms with E-state index >= 15 is 0 Å². The highest BCUT2D eigenvalue weighted by molar-refractivity contribution is 5.89. The predicted octanol–water partition coefficient (Wildman–Crippen LogP) is 3.03. The normalized spacial score (nSPS) is 16.7. The van der Waals surface area contributed by atoms with Gasteiger partial charge in [-0.2, -0.15) is 4.98 Å². The summed E-state index contributed by atoms with van der Waals surface area (Å²) in [6, 6.07) is 8.00. The minimum absolute atomic E-state index is 0.00513. The largest absolute Gasteiger partial charge is 0.489 e. The predicted molar refractivity (Wildman–Crippen MR) is 110 cm³/mol. The van der Waals surface area contributed by atoms with Gasteiger partial charge in [0.05, 0.1) is 11.6 Å². The Kier molecular flexibility index (Phi) is 5.62. The van der Waals surface area contributed by atoms with Crippen LogP contribution in [0.4, 0.5) is 16.6 Å². The number of anilines is 2. The molecule has 0 saturated heterocycles. The molecule has 0 aliphatic carbocycles. The van der Waals surface area contributed by atoms with Gasteiger partial charge in [0.25, 0.3) is 0 Å². The van der Waals surface area contributed by atoms with Crippen molar-refractivity contribution in [3.63, 3.8) is 0 Å². The number of carbonyl (C=O) groups is 1. The molecule has 0 radical (unpaired) electrons. The SMILES string of the molecule is CCN1C(=O)OCc2cnc(N[C@@H](C)c3ccc(OCC4=CCNC4)cc3)nc21. The zero-order valence-electron chi connectivity index (χ0n) is 16.6. The molecule has 2 aromatic rings. The van der Waals surface area contributed by atoms with Crippen molar-refractivity contribution in [2.45, 2.75) is 26.5 Å². The summed E-state index contributed by atoms with van der Waals surface area (Å²) in [6.45, 7) is 7.05. The summed E-state index contributed by atoms with van der Waals surface area (Å²) in [4.78, 5) is 22.3. The van der Waals surface area contributed by atoms with Gasteiger partial charge in [-0.1, -0.05) is 18.2 Å². The van der Waals surface area contributed by atoms with Crippen LogP contribution in [0.1, 0.15) is 31.0 Å². The van der Waals surface area contributed by atoms with Gasteiger partial charge in [0.1, 0.15) is 24.8 Å². The molecule has 29 heavy (non-hydrogen) atoms. The minimum atomic E-state index is -0.377. The second kappa shape index (κ2) is 8.48.